The van der Waals surface area contributed by atoms with Crippen LogP contribution in [0, 0.1) is 5.82 Å². The maximum Gasteiger partial charge on any atom is 0.322 e. The van der Waals surface area contributed by atoms with Gasteiger partial charge in [0.15, 0.2) is 0 Å². The minimum atomic E-state index is -0.518. The number of amides is 3. The largest absolute Gasteiger partial charge is 0.497 e. The van der Waals surface area contributed by atoms with Gasteiger partial charge in [-0.2, -0.15) is 0 Å². The molecule has 1 atom stereocenters. The zero-order chi connectivity index (χ0) is 19.8. The summed E-state index contributed by atoms with van der Waals surface area (Å²) < 4.78 is 18.3. The first-order chi connectivity index (χ1) is 13.5. The van der Waals surface area contributed by atoms with E-state index < -0.39 is 6.04 Å². The van der Waals surface area contributed by atoms with Gasteiger partial charge in [0.25, 0.3) is 5.91 Å². The van der Waals surface area contributed by atoms with Gasteiger partial charge in [0.05, 0.1) is 31.0 Å². The first-order valence-corrected chi connectivity index (χ1v) is 8.93. The Morgan fingerprint density at radius 3 is 2.43 bits per heavy atom. The molecule has 1 unspecified atom stereocenters. The maximum atomic E-state index is 13.2. The van der Waals surface area contributed by atoms with Crippen molar-refractivity contribution in [2.75, 3.05) is 20.7 Å². The second kappa shape index (κ2) is 6.99. The average Bonchev–Trinajstić information content (AvgIpc) is 3.03. The van der Waals surface area contributed by atoms with Gasteiger partial charge >= 0.3 is 6.03 Å². The summed E-state index contributed by atoms with van der Waals surface area (Å²) in [5.41, 5.74) is 2.90. The van der Waals surface area contributed by atoms with Gasteiger partial charge in [-0.3, -0.25) is 9.69 Å². The molecule has 0 saturated heterocycles. The fourth-order valence-electron chi connectivity index (χ4n) is 3.61. The van der Waals surface area contributed by atoms with Crippen LogP contribution >= 0.6 is 0 Å². The summed E-state index contributed by atoms with van der Waals surface area (Å²) in [5.74, 6) is 0.253. The van der Waals surface area contributed by atoms with E-state index >= 15 is 0 Å². The molecule has 7 heteroatoms. The van der Waals surface area contributed by atoms with E-state index in [9.17, 15) is 14.0 Å². The summed E-state index contributed by atoms with van der Waals surface area (Å²) >= 11 is 0. The quantitative estimate of drug-likeness (QED) is 0.886. The van der Waals surface area contributed by atoms with Gasteiger partial charge in [-0.15, -0.1) is 0 Å². The molecule has 28 heavy (non-hydrogen) atoms. The van der Waals surface area contributed by atoms with Gasteiger partial charge < -0.3 is 15.0 Å². The van der Waals surface area contributed by atoms with Crippen molar-refractivity contribution < 1.29 is 18.7 Å². The lowest BCUT2D eigenvalue weighted by molar-refractivity contribution is -0.126. The standard InChI is InChI=1S/C21H20FN3O3/c1-24-17-12-25(11-13-3-7-15(22)8-4-13)20(26)18(17)19(23-21(24)27)14-5-9-16(28-2)10-6-14/h3-10,19H,11-12H2,1-2H3,(H,23,27). The third-order valence-corrected chi connectivity index (χ3v) is 5.17. The molecule has 2 aliphatic rings. The minimum Gasteiger partial charge on any atom is -0.497 e. The maximum absolute atomic E-state index is 13.2. The van der Waals surface area contributed by atoms with Crippen LogP contribution in [-0.2, 0) is 11.3 Å². The van der Waals surface area contributed by atoms with Crippen LogP contribution < -0.4 is 10.1 Å². The number of carbonyl (C=O) groups is 2. The van der Waals surface area contributed by atoms with Crippen LogP contribution in [0.15, 0.2) is 59.8 Å². The second-order valence-electron chi connectivity index (χ2n) is 6.86. The van der Waals surface area contributed by atoms with Crippen LogP contribution in [0.4, 0.5) is 9.18 Å². The molecule has 144 valence electrons. The number of nitrogens with one attached hydrogen (secondary N) is 1. The van der Waals surface area contributed by atoms with E-state index in [-0.39, 0.29) is 17.8 Å². The van der Waals surface area contributed by atoms with E-state index in [4.69, 9.17) is 4.74 Å². The second-order valence-corrected chi connectivity index (χ2v) is 6.86. The summed E-state index contributed by atoms with van der Waals surface area (Å²) in [5, 5.41) is 2.90. The van der Waals surface area contributed by atoms with E-state index in [1.807, 2.05) is 12.1 Å². The Balaban J connectivity index is 1.64. The molecule has 3 amide bonds. The number of rotatable bonds is 4. The number of hydrogen-bond donors (Lipinski definition) is 1. The summed E-state index contributed by atoms with van der Waals surface area (Å²) in [6.07, 6.45) is 0. The van der Waals surface area contributed by atoms with E-state index in [1.165, 1.54) is 17.0 Å². The highest BCUT2D eigenvalue weighted by Crippen LogP contribution is 2.36. The lowest BCUT2D eigenvalue weighted by Crippen LogP contribution is -2.45. The smallest absolute Gasteiger partial charge is 0.322 e. The molecule has 2 aromatic carbocycles. The average molecular weight is 381 g/mol. The van der Waals surface area contributed by atoms with Crippen molar-refractivity contribution in [1.82, 2.24) is 15.1 Å². The summed E-state index contributed by atoms with van der Waals surface area (Å²) in [6.45, 7) is 0.686. The third-order valence-electron chi connectivity index (χ3n) is 5.17. The number of hydrogen-bond acceptors (Lipinski definition) is 3. The van der Waals surface area contributed by atoms with Crippen LogP contribution in [0.1, 0.15) is 17.2 Å². The number of urea groups is 1. The van der Waals surface area contributed by atoms with Gasteiger partial charge in [-0.05, 0) is 35.4 Å². The summed E-state index contributed by atoms with van der Waals surface area (Å²) in [6, 6.07) is 12.6. The lowest BCUT2D eigenvalue weighted by Gasteiger charge is -2.31. The molecule has 2 heterocycles. The molecule has 0 saturated carbocycles. The van der Waals surface area contributed by atoms with Crippen LogP contribution in [-0.4, -0.2) is 42.4 Å². The Hall–Kier alpha value is -3.35. The first-order valence-electron chi connectivity index (χ1n) is 8.93. The predicted octanol–water partition coefficient (Wildman–Crippen LogP) is 2.83. The molecule has 2 aromatic rings. The topological polar surface area (TPSA) is 61.9 Å². The lowest BCUT2D eigenvalue weighted by atomic mass is 9.95. The predicted molar refractivity (Wildman–Crippen MR) is 101 cm³/mol. The highest BCUT2D eigenvalue weighted by Gasteiger charge is 2.42. The number of likely N-dealkylation sites (N-methyl/N-ethyl adjacent to an activating group) is 1. The molecule has 4 rings (SSSR count). The molecule has 0 bridgehead atoms. The van der Waals surface area contributed by atoms with Crippen molar-refractivity contribution in [2.45, 2.75) is 12.6 Å². The number of ether oxygens (including phenoxy) is 1. The molecular formula is C21H20FN3O3. The van der Waals surface area contributed by atoms with Gasteiger partial charge in [0.2, 0.25) is 0 Å². The number of benzene rings is 2. The Kier molecular flexibility index (Phi) is 4.50. The zero-order valence-electron chi connectivity index (χ0n) is 15.6. The monoisotopic (exact) mass is 381 g/mol. The highest BCUT2D eigenvalue weighted by molar-refractivity contribution is 6.01. The third kappa shape index (κ3) is 3.09. The van der Waals surface area contributed by atoms with Gasteiger partial charge in [-0.25, -0.2) is 9.18 Å². The van der Waals surface area contributed by atoms with Crippen molar-refractivity contribution in [3.63, 3.8) is 0 Å². The molecular weight excluding hydrogens is 361 g/mol. The highest BCUT2D eigenvalue weighted by atomic mass is 19.1. The Bertz CT molecular complexity index is 954. The van der Waals surface area contributed by atoms with Crippen LogP contribution in [0.2, 0.25) is 0 Å². The van der Waals surface area contributed by atoms with Crippen LogP contribution in [0.25, 0.3) is 0 Å². The van der Waals surface area contributed by atoms with Gasteiger partial charge in [0.1, 0.15) is 11.6 Å². The Morgan fingerprint density at radius 1 is 1.11 bits per heavy atom. The van der Waals surface area contributed by atoms with Gasteiger partial charge in [-0.1, -0.05) is 24.3 Å². The molecule has 6 nitrogen and oxygen atoms in total. The van der Waals surface area contributed by atoms with Gasteiger partial charge in [0, 0.05) is 13.6 Å². The molecule has 1 N–H and O–H groups in total. The Labute approximate surface area is 162 Å². The number of nitrogens with zero attached hydrogens (tertiary/aromatic N) is 2. The fourth-order valence-corrected chi connectivity index (χ4v) is 3.61. The van der Waals surface area contributed by atoms with Crippen LogP contribution in [0.5, 0.6) is 5.75 Å². The van der Waals surface area contributed by atoms with E-state index in [0.29, 0.717) is 30.1 Å². The first kappa shape index (κ1) is 18.0. The summed E-state index contributed by atoms with van der Waals surface area (Å²) in [7, 11) is 3.24. The molecule has 0 fully saturated rings. The van der Waals surface area contributed by atoms with Crippen molar-refractivity contribution in [3.8, 4) is 5.75 Å². The summed E-state index contributed by atoms with van der Waals surface area (Å²) in [4.78, 5) is 28.8. The SMILES string of the molecule is COc1ccc(C2NC(=O)N(C)C3=C2C(=O)N(Cc2ccc(F)cc2)C3)cc1. The number of carbonyl (C=O) groups excluding carboxylic acids is 2. The van der Waals surface area contributed by atoms with Crippen molar-refractivity contribution >= 4 is 11.9 Å². The van der Waals surface area contributed by atoms with Crippen LogP contribution in [0.3, 0.4) is 0 Å². The van der Waals surface area contributed by atoms with Crippen molar-refractivity contribution in [1.29, 1.82) is 0 Å². The molecule has 0 aromatic heterocycles. The van der Waals surface area contributed by atoms with E-state index in [0.717, 1.165) is 11.1 Å². The van der Waals surface area contributed by atoms with Crippen molar-refractivity contribution in [2.24, 2.45) is 0 Å². The molecule has 2 aliphatic heterocycles. The fraction of sp³-hybridized carbons (Fsp3) is 0.238. The molecule has 0 spiro atoms. The normalized spacial score (nSPS) is 19.0. The Morgan fingerprint density at radius 2 is 1.79 bits per heavy atom. The number of halogens is 1. The minimum absolute atomic E-state index is 0.132. The zero-order valence-corrected chi connectivity index (χ0v) is 15.6. The van der Waals surface area contributed by atoms with E-state index in [1.54, 1.807) is 43.3 Å². The van der Waals surface area contributed by atoms with E-state index in [2.05, 4.69) is 5.32 Å². The molecule has 0 radical (unpaired) electrons. The molecule has 0 aliphatic carbocycles. The van der Waals surface area contributed by atoms with Crippen molar-refractivity contribution in [3.05, 3.63) is 76.7 Å². The number of methoxy groups -OCH3 is 1.